The number of esters is 1. The van der Waals surface area contributed by atoms with Gasteiger partial charge in [-0.15, -0.1) is 0 Å². The summed E-state index contributed by atoms with van der Waals surface area (Å²) in [5, 5.41) is 6.79. The molecule has 0 saturated carbocycles. The highest BCUT2D eigenvalue weighted by Crippen LogP contribution is 2.28. The van der Waals surface area contributed by atoms with Gasteiger partial charge < -0.3 is 14.8 Å². The molecule has 0 fully saturated rings. The summed E-state index contributed by atoms with van der Waals surface area (Å²) in [6.07, 6.45) is 1.35. The van der Waals surface area contributed by atoms with Crippen molar-refractivity contribution in [3.05, 3.63) is 94.3 Å². The number of hydrogen-bond acceptors (Lipinski definition) is 6. The molecule has 3 aromatic rings. The van der Waals surface area contributed by atoms with E-state index in [0.29, 0.717) is 16.1 Å². The van der Waals surface area contributed by atoms with Crippen molar-refractivity contribution < 1.29 is 28.2 Å². The van der Waals surface area contributed by atoms with Gasteiger partial charge >= 0.3 is 5.97 Å². The number of hydrazone groups is 1. The predicted octanol–water partition coefficient (Wildman–Crippen LogP) is 3.59. The first kappa shape index (κ1) is 24.4. The first-order chi connectivity index (χ1) is 16.4. The standard InChI is InChI=1S/C24H19ClFN3O5/c1-33-21-11-15(5-10-20(21)34-24(32)17-3-2-4-19(26)12-17)13-28-29-22(30)14-27-23(31)16-6-8-18(25)9-7-16/h2-13H,14H2,1H3,(H,27,31)(H,29,30)/b28-13+. The molecular formula is C24H19ClFN3O5. The fourth-order valence-electron chi connectivity index (χ4n) is 2.71. The van der Waals surface area contributed by atoms with E-state index in [0.717, 1.165) is 6.07 Å². The molecule has 0 aliphatic carbocycles. The van der Waals surface area contributed by atoms with Crippen molar-refractivity contribution in [3.63, 3.8) is 0 Å². The predicted molar refractivity (Wildman–Crippen MR) is 124 cm³/mol. The molecule has 0 aliphatic rings. The molecule has 0 radical (unpaired) electrons. The SMILES string of the molecule is COc1cc(/C=N/NC(=O)CNC(=O)c2ccc(Cl)cc2)ccc1OC(=O)c1cccc(F)c1. The van der Waals surface area contributed by atoms with Gasteiger partial charge in [0.15, 0.2) is 11.5 Å². The van der Waals surface area contributed by atoms with Gasteiger partial charge in [0.25, 0.3) is 11.8 Å². The summed E-state index contributed by atoms with van der Waals surface area (Å²) in [5.74, 6) is -1.90. The van der Waals surface area contributed by atoms with Crippen molar-refractivity contribution in [1.82, 2.24) is 10.7 Å². The molecule has 0 saturated heterocycles. The Morgan fingerprint density at radius 1 is 1.00 bits per heavy atom. The Morgan fingerprint density at radius 3 is 2.47 bits per heavy atom. The first-order valence-corrected chi connectivity index (χ1v) is 10.2. The minimum Gasteiger partial charge on any atom is -0.493 e. The molecule has 0 unspecified atom stereocenters. The van der Waals surface area contributed by atoms with Gasteiger partial charge in [-0.3, -0.25) is 9.59 Å². The Bertz CT molecular complexity index is 1230. The summed E-state index contributed by atoms with van der Waals surface area (Å²) in [6.45, 7) is -0.281. The van der Waals surface area contributed by atoms with Crippen molar-refractivity contribution in [3.8, 4) is 11.5 Å². The largest absolute Gasteiger partial charge is 0.493 e. The second-order valence-electron chi connectivity index (χ2n) is 6.79. The summed E-state index contributed by atoms with van der Waals surface area (Å²) in [6, 6.07) is 15.9. The van der Waals surface area contributed by atoms with Crippen molar-refractivity contribution in [1.29, 1.82) is 0 Å². The van der Waals surface area contributed by atoms with Crippen LogP contribution < -0.4 is 20.2 Å². The molecule has 2 N–H and O–H groups in total. The number of rotatable bonds is 8. The summed E-state index contributed by atoms with van der Waals surface area (Å²) >= 11 is 5.78. The highest BCUT2D eigenvalue weighted by atomic mass is 35.5. The number of nitrogens with zero attached hydrogens (tertiary/aromatic N) is 1. The Balaban J connectivity index is 1.54. The number of benzene rings is 3. The third-order valence-electron chi connectivity index (χ3n) is 4.37. The van der Waals surface area contributed by atoms with Crippen LogP contribution in [0.25, 0.3) is 0 Å². The van der Waals surface area contributed by atoms with Crippen molar-refractivity contribution >= 4 is 35.6 Å². The van der Waals surface area contributed by atoms with Gasteiger partial charge in [-0.2, -0.15) is 5.10 Å². The van der Waals surface area contributed by atoms with Gasteiger partial charge in [-0.05, 0) is 66.2 Å². The zero-order valence-electron chi connectivity index (χ0n) is 17.9. The fraction of sp³-hybridized carbons (Fsp3) is 0.0833. The maximum atomic E-state index is 13.3. The zero-order chi connectivity index (χ0) is 24.5. The van der Waals surface area contributed by atoms with E-state index >= 15 is 0 Å². The number of nitrogens with one attached hydrogen (secondary N) is 2. The second-order valence-corrected chi connectivity index (χ2v) is 7.23. The minimum atomic E-state index is -0.743. The van der Waals surface area contributed by atoms with Crippen LogP contribution in [0.15, 0.2) is 71.8 Å². The molecule has 10 heteroatoms. The van der Waals surface area contributed by atoms with Crippen molar-refractivity contribution in [2.24, 2.45) is 5.10 Å². The van der Waals surface area contributed by atoms with E-state index in [1.54, 1.807) is 30.3 Å². The zero-order valence-corrected chi connectivity index (χ0v) is 18.6. The van der Waals surface area contributed by atoms with E-state index in [-0.39, 0.29) is 23.6 Å². The van der Waals surface area contributed by atoms with Gasteiger partial charge in [-0.1, -0.05) is 17.7 Å². The summed E-state index contributed by atoms with van der Waals surface area (Å²) in [5.41, 5.74) is 3.25. The van der Waals surface area contributed by atoms with E-state index in [1.165, 1.54) is 43.7 Å². The van der Waals surface area contributed by atoms with E-state index in [1.807, 2.05) is 0 Å². The van der Waals surface area contributed by atoms with Gasteiger partial charge in [-0.25, -0.2) is 14.6 Å². The summed E-state index contributed by atoms with van der Waals surface area (Å²) < 4.78 is 23.8. The van der Waals surface area contributed by atoms with Crippen molar-refractivity contribution in [2.45, 2.75) is 0 Å². The topological polar surface area (TPSA) is 106 Å². The molecule has 3 rings (SSSR count). The lowest BCUT2D eigenvalue weighted by atomic mass is 10.2. The molecular weight excluding hydrogens is 465 g/mol. The molecule has 174 valence electrons. The number of methoxy groups -OCH3 is 1. The third-order valence-corrected chi connectivity index (χ3v) is 4.62. The molecule has 0 heterocycles. The average molecular weight is 484 g/mol. The highest BCUT2D eigenvalue weighted by molar-refractivity contribution is 6.30. The summed E-state index contributed by atoms with van der Waals surface area (Å²) in [7, 11) is 1.39. The van der Waals surface area contributed by atoms with Crippen LogP contribution in [0.3, 0.4) is 0 Å². The lowest BCUT2D eigenvalue weighted by molar-refractivity contribution is -0.120. The molecule has 2 amide bonds. The van der Waals surface area contributed by atoms with Gasteiger partial charge in [0.1, 0.15) is 5.82 Å². The normalized spacial score (nSPS) is 10.6. The van der Waals surface area contributed by atoms with Crippen LogP contribution >= 0.6 is 11.6 Å². The van der Waals surface area contributed by atoms with Crippen LogP contribution in [0.1, 0.15) is 26.3 Å². The molecule has 8 nitrogen and oxygen atoms in total. The van der Waals surface area contributed by atoms with Gasteiger partial charge in [0.05, 0.1) is 25.4 Å². The van der Waals surface area contributed by atoms with Crippen LogP contribution in [-0.4, -0.2) is 37.7 Å². The van der Waals surface area contributed by atoms with E-state index < -0.39 is 23.6 Å². The van der Waals surface area contributed by atoms with E-state index in [2.05, 4.69) is 15.8 Å². The Kier molecular flexibility index (Phi) is 8.31. The minimum absolute atomic E-state index is 0.0542. The van der Waals surface area contributed by atoms with E-state index in [9.17, 15) is 18.8 Å². The highest BCUT2D eigenvalue weighted by Gasteiger charge is 2.13. The van der Waals surface area contributed by atoms with Crippen LogP contribution in [0.4, 0.5) is 4.39 Å². The van der Waals surface area contributed by atoms with Crippen LogP contribution in [0.2, 0.25) is 5.02 Å². The Hall–Kier alpha value is -4.24. The molecule has 3 aromatic carbocycles. The number of amides is 2. The number of ether oxygens (including phenoxy) is 2. The Labute approximate surface area is 199 Å². The van der Waals surface area contributed by atoms with E-state index in [4.69, 9.17) is 21.1 Å². The number of carbonyl (C=O) groups is 3. The molecule has 34 heavy (non-hydrogen) atoms. The molecule has 0 aromatic heterocycles. The molecule has 0 aliphatic heterocycles. The van der Waals surface area contributed by atoms with Gasteiger partial charge in [0, 0.05) is 10.6 Å². The number of halogens is 2. The monoisotopic (exact) mass is 483 g/mol. The van der Waals surface area contributed by atoms with Crippen molar-refractivity contribution in [2.75, 3.05) is 13.7 Å². The molecule has 0 atom stereocenters. The summed E-state index contributed by atoms with van der Waals surface area (Å²) in [4.78, 5) is 36.1. The average Bonchev–Trinajstić information content (AvgIpc) is 2.83. The first-order valence-electron chi connectivity index (χ1n) is 9.87. The van der Waals surface area contributed by atoms with Crippen LogP contribution in [0, 0.1) is 5.82 Å². The second kappa shape index (κ2) is 11.6. The number of hydrogen-bond donors (Lipinski definition) is 2. The fourth-order valence-corrected chi connectivity index (χ4v) is 2.83. The molecule has 0 spiro atoms. The lowest BCUT2D eigenvalue weighted by Gasteiger charge is -2.10. The Morgan fingerprint density at radius 2 is 1.76 bits per heavy atom. The quantitative estimate of drug-likeness (QED) is 0.220. The van der Waals surface area contributed by atoms with Crippen LogP contribution in [-0.2, 0) is 4.79 Å². The van der Waals surface area contributed by atoms with Gasteiger partial charge in [0.2, 0.25) is 0 Å². The number of carbonyl (C=O) groups excluding carboxylic acids is 3. The smallest absolute Gasteiger partial charge is 0.343 e. The third kappa shape index (κ3) is 6.88. The lowest BCUT2D eigenvalue weighted by Crippen LogP contribution is -2.34. The van der Waals surface area contributed by atoms with Crippen LogP contribution in [0.5, 0.6) is 11.5 Å². The maximum Gasteiger partial charge on any atom is 0.343 e. The molecule has 0 bridgehead atoms. The maximum absolute atomic E-state index is 13.3.